The van der Waals surface area contributed by atoms with Crippen LogP contribution in [0.1, 0.15) is 31.7 Å². The smallest absolute Gasteiger partial charge is 0.137 e. The number of hydrogen-bond donors (Lipinski definition) is 1. The first-order valence-electron chi connectivity index (χ1n) is 6.63. The Balaban J connectivity index is 2.29. The second-order valence-electron chi connectivity index (χ2n) is 5.29. The van der Waals surface area contributed by atoms with Crippen LogP contribution < -0.4 is 10.6 Å². The standard InChI is InChI=1S/C13H23N5/c1-10(2)11-12(14)15-9-16-13(11)18-6-4-5-17(3)7-8-18/h9-10H,4-8H2,1-3H3,(H2,14,15,16). The van der Waals surface area contributed by atoms with E-state index >= 15 is 0 Å². The predicted molar refractivity (Wildman–Crippen MR) is 74.9 cm³/mol. The third kappa shape index (κ3) is 2.72. The van der Waals surface area contributed by atoms with Crippen molar-refractivity contribution in [1.29, 1.82) is 0 Å². The highest BCUT2D eigenvalue weighted by molar-refractivity contribution is 5.58. The Morgan fingerprint density at radius 1 is 1.17 bits per heavy atom. The Hall–Kier alpha value is -1.36. The number of nitrogens with two attached hydrogens (primary N) is 1. The van der Waals surface area contributed by atoms with E-state index in [9.17, 15) is 0 Å². The zero-order chi connectivity index (χ0) is 13.1. The number of nitrogen functional groups attached to an aromatic ring is 1. The van der Waals surface area contributed by atoms with Gasteiger partial charge in [-0.05, 0) is 25.9 Å². The van der Waals surface area contributed by atoms with Crippen molar-refractivity contribution in [1.82, 2.24) is 14.9 Å². The minimum absolute atomic E-state index is 0.349. The van der Waals surface area contributed by atoms with E-state index in [1.807, 2.05) is 0 Å². The molecule has 18 heavy (non-hydrogen) atoms. The van der Waals surface area contributed by atoms with Gasteiger partial charge in [-0.1, -0.05) is 13.8 Å². The van der Waals surface area contributed by atoms with Crippen molar-refractivity contribution in [2.24, 2.45) is 0 Å². The fourth-order valence-corrected chi connectivity index (χ4v) is 2.46. The lowest BCUT2D eigenvalue weighted by atomic mass is 10.0. The van der Waals surface area contributed by atoms with E-state index in [-0.39, 0.29) is 0 Å². The summed E-state index contributed by atoms with van der Waals surface area (Å²) < 4.78 is 0. The molecule has 0 unspecified atom stereocenters. The molecule has 0 amide bonds. The monoisotopic (exact) mass is 249 g/mol. The van der Waals surface area contributed by atoms with Crippen molar-refractivity contribution in [3.8, 4) is 0 Å². The van der Waals surface area contributed by atoms with E-state index < -0.39 is 0 Å². The Labute approximate surface area is 109 Å². The summed E-state index contributed by atoms with van der Waals surface area (Å²) in [5, 5.41) is 0. The Morgan fingerprint density at radius 3 is 2.67 bits per heavy atom. The minimum Gasteiger partial charge on any atom is -0.383 e. The molecule has 0 bridgehead atoms. The molecule has 5 nitrogen and oxygen atoms in total. The van der Waals surface area contributed by atoms with Gasteiger partial charge in [0.1, 0.15) is 18.0 Å². The summed E-state index contributed by atoms with van der Waals surface area (Å²) in [6.45, 7) is 8.55. The predicted octanol–water partition coefficient (Wildman–Crippen LogP) is 1.32. The fourth-order valence-electron chi connectivity index (χ4n) is 2.46. The van der Waals surface area contributed by atoms with E-state index in [0.29, 0.717) is 11.7 Å². The molecule has 1 saturated heterocycles. The van der Waals surface area contributed by atoms with Gasteiger partial charge in [0.15, 0.2) is 0 Å². The molecule has 100 valence electrons. The van der Waals surface area contributed by atoms with Crippen LogP contribution in [0, 0.1) is 0 Å². The average Bonchev–Trinajstić information content (AvgIpc) is 2.53. The molecule has 1 aromatic rings. The molecule has 0 aromatic carbocycles. The van der Waals surface area contributed by atoms with Crippen molar-refractivity contribution < 1.29 is 0 Å². The Kier molecular flexibility index (Phi) is 4.01. The van der Waals surface area contributed by atoms with E-state index in [2.05, 4.69) is 40.7 Å². The SMILES string of the molecule is CC(C)c1c(N)ncnc1N1CCCN(C)CC1. The third-order valence-electron chi connectivity index (χ3n) is 3.49. The second-order valence-corrected chi connectivity index (χ2v) is 5.29. The topological polar surface area (TPSA) is 58.3 Å². The van der Waals surface area contributed by atoms with Crippen LogP contribution in [0.15, 0.2) is 6.33 Å². The first kappa shape index (κ1) is 13.1. The summed E-state index contributed by atoms with van der Waals surface area (Å²) in [6.07, 6.45) is 2.74. The molecule has 0 saturated carbocycles. The zero-order valence-corrected chi connectivity index (χ0v) is 11.6. The summed E-state index contributed by atoms with van der Waals surface area (Å²) in [6, 6.07) is 0. The quantitative estimate of drug-likeness (QED) is 0.856. The van der Waals surface area contributed by atoms with Crippen LogP contribution in [0.4, 0.5) is 11.6 Å². The average molecular weight is 249 g/mol. The molecule has 1 aromatic heterocycles. The number of aromatic nitrogens is 2. The molecule has 2 rings (SSSR count). The van der Waals surface area contributed by atoms with Gasteiger partial charge < -0.3 is 15.5 Å². The zero-order valence-electron chi connectivity index (χ0n) is 11.6. The van der Waals surface area contributed by atoms with Gasteiger partial charge in [-0.25, -0.2) is 9.97 Å². The fraction of sp³-hybridized carbons (Fsp3) is 0.692. The highest BCUT2D eigenvalue weighted by atomic mass is 15.2. The molecule has 1 aliphatic heterocycles. The molecular formula is C13H23N5. The van der Waals surface area contributed by atoms with Crippen molar-refractivity contribution in [3.63, 3.8) is 0 Å². The van der Waals surface area contributed by atoms with Crippen LogP contribution in [0.5, 0.6) is 0 Å². The third-order valence-corrected chi connectivity index (χ3v) is 3.49. The summed E-state index contributed by atoms with van der Waals surface area (Å²) in [5.74, 6) is 1.99. The first-order valence-corrected chi connectivity index (χ1v) is 6.63. The minimum atomic E-state index is 0.349. The van der Waals surface area contributed by atoms with Gasteiger partial charge in [0.2, 0.25) is 0 Å². The maximum atomic E-state index is 6.01. The molecule has 0 radical (unpaired) electrons. The molecule has 2 N–H and O–H groups in total. The normalized spacial score (nSPS) is 18.1. The van der Waals surface area contributed by atoms with E-state index in [1.165, 1.54) is 0 Å². The van der Waals surface area contributed by atoms with Crippen molar-refractivity contribution in [2.45, 2.75) is 26.2 Å². The van der Waals surface area contributed by atoms with Crippen LogP contribution in [0.25, 0.3) is 0 Å². The highest BCUT2D eigenvalue weighted by Crippen LogP contribution is 2.29. The van der Waals surface area contributed by atoms with Crippen LogP contribution in [-0.4, -0.2) is 48.1 Å². The lowest BCUT2D eigenvalue weighted by Crippen LogP contribution is -2.30. The van der Waals surface area contributed by atoms with Crippen LogP contribution in [-0.2, 0) is 0 Å². The van der Waals surface area contributed by atoms with Crippen molar-refractivity contribution in [2.75, 3.05) is 43.9 Å². The summed E-state index contributed by atoms with van der Waals surface area (Å²) in [5.41, 5.74) is 7.09. The highest BCUT2D eigenvalue weighted by Gasteiger charge is 2.20. The Morgan fingerprint density at radius 2 is 1.94 bits per heavy atom. The van der Waals surface area contributed by atoms with Crippen LogP contribution >= 0.6 is 0 Å². The number of likely N-dealkylation sites (N-methyl/N-ethyl adjacent to an activating group) is 1. The van der Waals surface area contributed by atoms with Gasteiger partial charge >= 0.3 is 0 Å². The second kappa shape index (κ2) is 5.52. The van der Waals surface area contributed by atoms with Crippen LogP contribution in [0.3, 0.4) is 0 Å². The maximum Gasteiger partial charge on any atom is 0.137 e. The molecule has 5 heteroatoms. The van der Waals surface area contributed by atoms with Crippen molar-refractivity contribution >= 4 is 11.6 Å². The van der Waals surface area contributed by atoms with E-state index in [1.54, 1.807) is 6.33 Å². The first-order chi connectivity index (χ1) is 8.59. The largest absolute Gasteiger partial charge is 0.383 e. The molecule has 0 atom stereocenters. The van der Waals surface area contributed by atoms with Gasteiger partial charge in [0, 0.05) is 25.2 Å². The lowest BCUT2D eigenvalue weighted by Gasteiger charge is -2.25. The Bertz CT molecular complexity index is 404. The molecule has 1 fully saturated rings. The number of rotatable bonds is 2. The molecule has 1 aliphatic rings. The molecular weight excluding hydrogens is 226 g/mol. The maximum absolute atomic E-state index is 6.01. The number of nitrogens with zero attached hydrogens (tertiary/aromatic N) is 4. The van der Waals surface area contributed by atoms with Crippen LogP contribution in [0.2, 0.25) is 0 Å². The molecule has 2 heterocycles. The number of anilines is 2. The van der Waals surface area contributed by atoms with Gasteiger partial charge in [0.05, 0.1) is 0 Å². The van der Waals surface area contributed by atoms with Gasteiger partial charge in [-0.2, -0.15) is 0 Å². The van der Waals surface area contributed by atoms with Crippen molar-refractivity contribution in [3.05, 3.63) is 11.9 Å². The van der Waals surface area contributed by atoms with E-state index in [0.717, 1.165) is 44.0 Å². The lowest BCUT2D eigenvalue weighted by molar-refractivity contribution is 0.360. The summed E-state index contributed by atoms with van der Waals surface area (Å²) >= 11 is 0. The van der Waals surface area contributed by atoms with Gasteiger partial charge in [-0.15, -0.1) is 0 Å². The van der Waals surface area contributed by atoms with Gasteiger partial charge in [-0.3, -0.25) is 0 Å². The van der Waals surface area contributed by atoms with Gasteiger partial charge in [0.25, 0.3) is 0 Å². The number of hydrogen-bond acceptors (Lipinski definition) is 5. The summed E-state index contributed by atoms with van der Waals surface area (Å²) in [4.78, 5) is 13.3. The molecule has 0 aliphatic carbocycles. The van der Waals surface area contributed by atoms with E-state index in [4.69, 9.17) is 5.73 Å². The summed E-state index contributed by atoms with van der Waals surface area (Å²) in [7, 11) is 2.17. The molecule has 0 spiro atoms.